The third-order valence-corrected chi connectivity index (χ3v) is 5.87. The molecular formula is C21H24BrNO7. The SMILES string of the molecule is COc1cc([C@H]2CC(=O)Nc3cc(OC)c(OC)c(OC)c32)c(Br)c(OC)c1OC. The summed E-state index contributed by atoms with van der Waals surface area (Å²) < 4.78 is 33.9. The summed E-state index contributed by atoms with van der Waals surface area (Å²) in [6, 6.07) is 3.56. The molecule has 0 saturated heterocycles. The first-order valence-corrected chi connectivity index (χ1v) is 9.85. The van der Waals surface area contributed by atoms with Gasteiger partial charge in [0.25, 0.3) is 0 Å². The van der Waals surface area contributed by atoms with Gasteiger partial charge in [-0.05, 0) is 27.6 Å². The van der Waals surface area contributed by atoms with Gasteiger partial charge in [-0.1, -0.05) is 0 Å². The lowest BCUT2D eigenvalue weighted by Crippen LogP contribution is -2.25. The molecule has 9 heteroatoms. The normalized spacial score (nSPS) is 15.0. The molecule has 1 heterocycles. The summed E-state index contributed by atoms with van der Waals surface area (Å²) in [6.07, 6.45) is 0.191. The average molecular weight is 482 g/mol. The Kier molecular flexibility index (Phi) is 6.50. The van der Waals surface area contributed by atoms with E-state index in [1.54, 1.807) is 34.5 Å². The monoisotopic (exact) mass is 481 g/mol. The zero-order valence-corrected chi connectivity index (χ0v) is 19.3. The molecule has 30 heavy (non-hydrogen) atoms. The van der Waals surface area contributed by atoms with Crippen molar-refractivity contribution < 1.29 is 33.2 Å². The summed E-state index contributed by atoms with van der Waals surface area (Å²) in [4.78, 5) is 12.6. The number of anilines is 1. The fourth-order valence-corrected chi connectivity index (χ4v) is 4.51. The molecule has 0 aliphatic carbocycles. The molecule has 0 aromatic heterocycles. The summed E-state index contributed by atoms with van der Waals surface area (Å²) in [5.41, 5.74) is 2.14. The maximum atomic E-state index is 12.6. The third kappa shape index (κ3) is 3.47. The number of halogens is 1. The van der Waals surface area contributed by atoms with Crippen molar-refractivity contribution in [2.24, 2.45) is 0 Å². The molecule has 1 aliphatic heterocycles. The number of hydrogen-bond acceptors (Lipinski definition) is 7. The number of methoxy groups -OCH3 is 6. The number of amides is 1. The zero-order valence-electron chi connectivity index (χ0n) is 17.7. The van der Waals surface area contributed by atoms with Crippen molar-refractivity contribution in [2.45, 2.75) is 12.3 Å². The Morgan fingerprint density at radius 1 is 0.800 bits per heavy atom. The largest absolute Gasteiger partial charge is 0.493 e. The minimum absolute atomic E-state index is 0.137. The second-order valence-corrected chi connectivity index (χ2v) is 7.25. The molecule has 0 fully saturated rings. The highest BCUT2D eigenvalue weighted by molar-refractivity contribution is 9.10. The maximum absolute atomic E-state index is 12.6. The van der Waals surface area contributed by atoms with Gasteiger partial charge in [0.1, 0.15) is 0 Å². The van der Waals surface area contributed by atoms with Crippen molar-refractivity contribution in [3.05, 3.63) is 27.7 Å². The smallest absolute Gasteiger partial charge is 0.225 e. The van der Waals surface area contributed by atoms with Crippen molar-refractivity contribution in [1.29, 1.82) is 0 Å². The van der Waals surface area contributed by atoms with Gasteiger partial charge in [0, 0.05) is 24.0 Å². The first-order valence-electron chi connectivity index (χ1n) is 9.06. The molecular weight excluding hydrogens is 458 g/mol. The van der Waals surface area contributed by atoms with Crippen LogP contribution >= 0.6 is 15.9 Å². The quantitative estimate of drug-likeness (QED) is 0.639. The molecule has 8 nitrogen and oxygen atoms in total. The van der Waals surface area contributed by atoms with Gasteiger partial charge in [0.05, 0.1) is 52.8 Å². The van der Waals surface area contributed by atoms with E-state index in [0.717, 1.165) is 11.1 Å². The van der Waals surface area contributed by atoms with Crippen LogP contribution in [0.4, 0.5) is 5.69 Å². The average Bonchev–Trinajstić information content (AvgIpc) is 2.76. The summed E-state index contributed by atoms with van der Waals surface area (Å²) in [6.45, 7) is 0. The van der Waals surface area contributed by atoms with Crippen molar-refractivity contribution in [3.8, 4) is 34.5 Å². The molecule has 2 aromatic rings. The molecule has 0 spiro atoms. The van der Waals surface area contributed by atoms with E-state index in [2.05, 4.69) is 21.2 Å². The first kappa shape index (κ1) is 21.9. The lowest BCUT2D eigenvalue weighted by atomic mass is 9.83. The van der Waals surface area contributed by atoms with E-state index in [1.807, 2.05) is 6.07 Å². The van der Waals surface area contributed by atoms with Crippen LogP contribution in [-0.4, -0.2) is 48.6 Å². The third-order valence-electron chi connectivity index (χ3n) is 5.05. The van der Waals surface area contributed by atoms with E-state index in [0.29, 0.717) is 44.7 Å². The van der Waals surface area contributed by atoms with Crippen LogP contribution in [0.2, 0.25) is 0 Å². The molecule has 0 bridgehead atoms. The summed E-state index contributed by atoms with van der Waals surface area (Å²) >= 11 is 3.62. The number of benzene rings is 2. The van der Waals surface area contributed by atoms with Crippen LogP contribution in [-0.2, 0) is 4.79 Å². The van der Waals surface area contributed by atoms with Crippen LogP contribution in [0.25, 0.3) is 0 Å². The minimum atomic E-state index is -0.369. The van der Waals surface area contributed by atoms with Crippen LogP contribution in [0.3, 0.4) is 0 Å². The van der Waals surface area contributed by atoms with Crippen LogP contribution in [0, 0.1) is 0 Å². The first-order chi connectivity index (χ1) is 14.4. The summed E-state index contributed by atoms with van der Waals surface area (Å²) in [5, 5.41) is 2.90. The highest BCUT2D eigenvalue weighted by atomic mass is 79.9. The Labute approximate surface area is 183 Å². The van der Waals surface area contributed by atoms with Crippen molar-refractivity contribution in [1.82, 2.24) is 0 Å². The molecule has 162 valence electrons. The molecule has 3 rings (SSSR count). The second kappa shape index (κ2) is 8.91. The zero-order chi connectivity index (χ0) is 22.0. The number of carbonyl (C=O) groups excluding carboxylic acids is 1. The van der Waals surface area contributed by atoms with Crippen LogP contribution in [0.15, 0.2) is 16.6 Å². The fourth-order valence-electron chi connectivity index (χ4n) is 3.78. The lowest BCUT2D eigenvalue weighted by Gasteiger charge is -2.30. The minimum Gasteiger partial charge on any atom is -0.493 e. The van der Waals surface area contributed by atoms with E-state index in [-0.39, 0.29) is 18.2 Å². The van der Waals surface area contributed by atoms with Crippen LogP contribution in [0.1, 0.15) is 23.5 Å². The summed E-state index contributed by atoms with van der Waals surface area (Å²) in [7, 11) is 9.25. The molecule has 0 saturated carbocycles. The lowest BCUT2D eigenvalue weighted by molar-refractivity contribution is -0.116. The van der Waals surface area contributed by atoms with Gasteiger partial charge in [0.2, 0.25) is 17.4 Å². The number of carbonyl (C=O) groups is 1. The number of fused-ring (bicyclic) bond motifs is 1. The Hall–Kier alpha value is -2.81. The standard InChI is InChI=1S/C21H24BrNO7/c1-25-13-7-11(17(22)21(30-6)19(13)28-4)10-8-15(24)23-12-9-14(26-2)18(27-3)20(29-5)16(10)12/h7,9-10H,8H2,1-6H3,(H,23,24)/t10-/m1/s1. The van der Waals surface area contributed by atoms with Crippen LogP contribution in [0.5, 0.6) is 34.5 Å². The Balaban J connectivity index is 2.34. The van der Waals surface area contributed by atoms with Gasteiger partial charge in [-0.2, -0.15) is 0 Å². The van der Waals surface area contributed by atoms with E-state index < -0.39 is 0 Å². The fraction of sp³-hybridized carbons (Fsp3) is 0.381. The van der Waals surface area contributed by atoms with E-state index >= 15 is 0 Å². The van der Waals surface area contributed by atoms with Gasteiger partial charge >= 0.3 is 0 Å². The highest BCUT2D eigenvalue weighted by Crippen LogP contribution is 2.55. The van der Waals surface area contributed by atoms with Gasteiger partial charge in [-0.25, -0.2) is 0 Å². The van der Waals surface area contributed by atoms with Gasteiger partial charge < -0.3 is 33.7 Å². The Morgan fingerprint density at radius 2 is 1.33 bits per heavy atom. The van der Waals surface area contributed by atoms with Crippen LogP contribution < -0.4 is 33.7 Å². The van der Waals surface area contributed by atoms with E-state index in [4.69, 9.17) is 28.4 Å². The maximum Gasteiger partial charge on any atom is 0.225 e. The van der Waals surface area contributed by atoms with Gasteiger partial charge in [0.15, 0.2) is 23.0 Å². The molecule has 1 N–H and O–H groups in total. The topological polar surface area (TPSA) is 84.5 Å². The Morgan fingerprint density at radius 3 is 1.87 bits per heavy atom. The number of ether oxygens (including phenoxy) is 6. The van der Waals surface area contributed by atoms with E-state index in [1.165, 1.54) is 14.2 Å². The summed E-state index contributed by atoms with van der Waals surface area (Å²) in [5.74, 6) is 2.29. The molecule has 0 radical (unpaired) electrons. The van der Waals surface area contributed by atoms with Crippen molar-refractivity contribution >= 4 is 27.5 Å². The molecule has 1 atom stereocenters. The molecule has 2 aromatic carbocycles. The van der Waals surface area contributed by atoms with E-state index in [9.17, 15) is 4.79 Å². The van der Waals surface area contributed by atoms with Crippen molar-refractivity contribution in [3.63, 3.8) is 0 Å². The number of nitrogens with one attached hydrogen (secondary N) is 1. The second-order valence-electron chi connectivity index (χ2n) is 6.46. The molecule has 1 amide bonds. The number of rotatable bonds is 7. The van der Waals surface area contributed by atoms with Gasteiger partial charge in [-0.3, -0.25) is 4.79 Å². The highest BCUT2D eigenvalue weighted by Gasteiger charge is 2.36. The molecule has 1 aliphatic rings. The van der Waals surface area contributed by atoms with Crippen molar-refractivity contribution in [2.75, 3.05) is 48.0 Å². The predicted molar refractivity (Wildman–Crippen MR) is 115 cm³/mol. The Bertz CT molecular complexity index is 977. The predicted octanol–water partition coefficient (Wildman–Crippen LogP) is 3.97. The van der Waals surface area contributed by atoms with Gasteiger partial charge in [-0.15, -0.1) is 0 Å². The number of hydrogen-bond donors (Lipinski definition) is 1. The molecule has 0 unspecified atom stereocenters.